The molecule has 1 N–H and O–H groups in total. The minimum atomic E-state index is 0.282. The number of para-hydroxylation sites is 1. The fourth-order valence-electron chi connectivity index (χ4n) is 2.65. The molecule has 0 saturated carbocycles. The van der Waals surface area contributed by atoms with E-state index in [1.54, 1.807) is 0 Å². The fraction of sp³-hybridized carbons (Fsp3) is 0.400. The number of aliphatic hydroxyl groups excluding tert-OH is 1. The van der Waals surface area contributed by atoms with Gasteiger partial charge in [-0.3, -0.25) is 0 Å². The van der Waals surface area contributed by atoms with Crippen molar-refractivity contribution in [1.29, 1.82) is 0 Å². The zero-order valence-corrected chi connectivity index (χ0v) is 10.4. The van der Waals surface area contributed by atoms with E-state index in [4.69, 9.17) is 4.98 Å². The third-order valence-electron chi connectivity index (χ3n) is 3.68. The number of rotatable bonds is 2. The minimum Gasteiger partial charge on any atom is -0.396 e. The Morgan fingerprint density at radius 2 is 2.11 bits per heavy atom. The average molecular weight is 242 g/mol. The normalized spacial score (nSPS) is 20.3. The van der Waals surface area contributed by atoms with Crippen LogP contribution in [0.15, 0.2) is 36.4 Å². The second-order valence-electron chi connectivity index (χ2n) is 5.00. The molecule has 3 heteroatoms. The van der Waals surface area contributed by atoms with Crippen molar-refractivity contribution in [3.63, 3.8) is 0 Å². The first-order valence-corrected chi connectivity index (χ1v) is 6.58. The number of aromatic nitrogens is 1. The Hall–Kier alpha value is -1.61. The lowest BCUT2D eigenvalue weighted by atomic mass is 9.99. The van der Waals surface area contributed by atoms with E-state index in [9.17, 15) is 5.11 Å². The van der Waals surface area contributed by atoms with Crippen molar-refractivity contribution in [3.8, 4) is 0 Å². The predicted molar refractivity (Wildman–Crippen MR) is 73.8 cm³/mol. The van der Waals surface area contributed by atoms with Crippen LogP contribution in [0.1, 0.15) is 12.8 Å². The molecule has 94 valence electrons. The van der Waals surface area contributed by atoms with Gasteiger partial charge in [0.1, 0.15) is 5.82 Å². The fourth-order valence-corrected chi connectivity index (χ4v) is 2.65. The van der Waals surface area contributed by atoms with Crippen LogP contribution in [0.3, 0.4) is 0 Å². The maximum atomic E-state index is 9.28. The SMILES string of the molecule is OCC1CCCN(c2ccc3ccccc3n2)C1. The van der Waals surface area contributed by atoms with Crippen molar-refractivity contribution in [2.24, 2.45) is 5.92 Å². The molecule has 18 heavy (non-hydrogen) atoms. The van der Waals surface area contributed by atoms with Gasteiger partial charge in [-0.15, -0.1) is 0 Å². The highest BCUT2D eigenvalue weighted by Gasteiger charge is 2.20. The molecule has 1 aliphatic rings. The summed E-state index contributed by atoms with van der Waals surface area (Å²) in [6, 6.07) is 12.4. The topological polar surface area (TPSA) is 36.4 Å². The molecular formula is C15H18N2O. The zero-order valence-electron chi connectivity index (χ0n) is 10.4. The molecule has 0 spiro atoms. The molecule has 1 fully saturated rings. The Morgan fingerprint density at radius 3 is 3.00 bits per heavy atom. The van der Waals surface area contributed by atoms with Gasteiger partial charge in [0.15, 0.2) is 0 Å². The van der Waals surface area contributed by atoms with Crippen molar-refractivity contribution in [2.75, 3.05) is 24.6 Å². The number of hydrogen-bond acceptors (Lipinski definition) is 3. The van der Waals surface area contributed by atoms with E-state index >= 15 is 0 Å². The molecule has 3 nitrogen and oxygen atoms in total. The van der Waals surface area contributed by atoms with Gasteiger partial charge in [-0.25, -0.2) is 4.98 Å². The van der Waals surface area contributed by atoms with Crippen molar-refractivity contribution in [1.82, 2.24) is 4.98 Å². The number of benzene rings is 1. The molecule has 2 heterocycles. The number of anilines is 1. The molecule has 1 unspecified atom stereocenters. The first-order chi connectivity index (χ1) is 8.86. The van der Waals surface area contributed by atoms with Crippen LogP contribution in [0, 0.1) is 5.92 Å². The summed E-state index contributed by atoms with van der Waals surface area (Å²) in [6.45, 7) is 2.24. The molecule has 1 atom stereocenters. The monoisotopic (exact) mass is 242 g/mol. The minimum absolute atomic E-state index is 0.282. The van der Waals surface area contributed by atoms with Crippen LogP contribution in [-0.2, 0) is 0 Å². The van der Waals surface area contributed by atoms with E-state index in [1.807, 2.05) is 18.2 Å². The summed E-state index contributed by atoms with van der Waals surface area (Å²) in [5, 5.41) is 10.5. The van der Waals surface area contributed by atoms with E-state index in [-0.39, 0.29) is 6.61 Å². The Balaban J connectivity index is 1.89. The van der Waals surface area contributed by atoms with Gasteiger partial charge >= 0.3 is 0 Å². The molecule has 0 bridgehead atoms. The van der Waals surface area contributed by atoms with Crippen LogP contribution in [-0.4, -0.2) is 29.8 Å². The van der Waals surface area contributed by atoms with Crippen LogP contribution in [0.2, 0.25) is 0 Å². The van der Waals surface area contributed by atoms with Crippen LogP contribution in [0.25, 0.3) is 10.9 Å². The highest BCUT2D eigenvalue weighted by Crippen LogP contribution is 2.23. The maximum absolute atomic E-state index is 9.28. The number of pyridine rings is 1. The van der Waals surface area contributed by atoms with Gasteiger partial charge in [0, 0.05) is 25.1 Å². The summed E-state index contributed by atoms with van der Waals surface area (Å²) in [5.74, 6) is 1.43. The zero-order chi connectivity index (χ0) is 12.4. The van der Waals surface area contributed by atoms with Crippen molar-refractivity contribution < 1.29 is 5.11 Å². The summed E-state index contributed by atoms with van der Waals surface area (Å²) >= 11 is 0. The summed E-state index contributed by atoms with van der Waals surface area (Å²) in [6.07, 6.45) is 2.26. The van der Waals surface area contributed by atoms with Gasteiger partial charge in [0.05, 0.1) is 5.52 Å². The van der Waals surface area contributed by atoms with E-state index < -0.39 is 0 Å². The van der Waals surface area contributed by atoms with Crippen molar-refractivity contribution in [3.05, 3.63) is 36.4 Å². The summed E-state index contributed by atoms with van der Waals surface area (Å²) in [5.41, 5.74) is 1.04. The van der Waals surface area contributed by atoms with Crippen molar-refractivity contribution in [2.45, 2.75) is 12.8 Å². The quantitative estimate of drug-likeness (QED) is 0.878. The molecule has 1 aromatic heterocycles. The van der Waals surface area contributed by atoms with E-state index in [1.165, 1.54) is 5.39 Å². The second-order valence-corrected chi connectivity index (χ2v) is 5.00. The average Bonchev–Trinajstić information content (AvgIpc) is 2.47. The number of hydrogen-bond donors (Lipinski definition) is 1. The number of aliphatic hydroxyl groups is 1. The largest absolute Gasteiger partial charge is 0.396 e. The van der Waals surface area contributed by atoms with Gasteiger partial charge < -0.3 is 10.0 Å². The Kier molecular flexibility index (Phi) is 3.15. The lowest BCUT2D eigenvalue weighted by Crippen LogP contribution is -2.37. The first kappa shape index (κ1) is 11.5. The third-order valence-corrected chi connectivity index (χ3v) is 3.68. The molecular weight excluding hydrogens is 224 g/mol. The van der Waals surface area contributed by atoms with Gasteiger partial charge in [0.2, 0.25) is 0 Å². The van der Waals surface area contributed by atoms with Crippen LogP contribution >= 0.6 is 0 Å². The van der Waals surface area contributed by atoms with E-state index in [0.29, 0.717) is 5.92 Å². The summed E-state index contributed by atoms with van der Waals surface area (Å²) in [4.78, 5) is 7.00. The lowest BCUT2D eigenvalue weighted by molar-refractivity contribution is 0.208. The molecule has 0 aliphatic carbocycles. The molecule has 1 saturated heterocycles. The number of piperidine rings is 1. The van der Waals surface area contributed by atoms with E-state index in [0.717, 1.165) is 37.3 Å². The van der Waals surface area contributed by atoms with Crippen LogP contribution in [0.4, 0.5) is 5.82 Å². The lowest BCUT2D eigenvalue weighted by Gasteiger charge is -2.32. The van der Waals surface area contributed by atoms with E-state index in [2.05, 4.69) is 23.1 Å². The van der Waals surface area contributed by atoms with Crippen molar-refractivity contribution >= 4 is 16.7 Å². The summed E-state index contributed by atoms with van der Waals surface area (Å²) in [7, 11) is 0. The Morgan fingerprint density at radius 1 is 1.22 bits per heavy atom. The Labute approximate surface area is 107 Å². The van der Waals surface area contributed by atoms with Crippen LogP contribution < -0.4 is 4.90 Å². The number of fused-ring (bicyclic) bond motifs is 1. The smallest absolute Gasteiger partial charge is 0.129 e. The summed E-state index contributed by atoms with van der Waals surface area (Å²) < 4.78 is 0. The second kappa shape index (κ2) is 4.94. The standard InChI is InChI=1S/C15H18N2O/c18-11-12-4-3-9-17(10-12)15-8-7-13-5-1-2-6-14(13)16-15/h1-2,5-8,12,18H,3-4,9-11H2. The molecule has 0 amide bonds. The number of nitrogens with zero attached hydrogens (tertiary/aromatic N) is 2. The first-order valence-electron chi connectivity index (χ1n) is 6.58. The van der Waals surface area contributed by atoms with Gasteiger partial charge in [-0.1, -0.05) is 18.2 Å². The van der Waals surface area contributed by atoms with Gasteiger partial charge in [0.25, 0.3) is 0 Å². The van der Waals surface area contributed by atoms with Gasteiger partial charge in [-0.05, 0) is 37.0 Å². The molecule has 0 radical (unpaired) electrons. The molecule has 2 aromatic rings. The molecule has 1 aromatic carbocycles. The van der Waals surface area contributed by atoms with Crippen LogP contribution in [0.5, 0.6) is 0 Å². The predicted octanol–water partition coefficient (Wildman–Crippen LogP) is 2.44. The van der Waals surface area contributed by atoms with Gasteiger partial charge in [-0.2, -0.15) is 0 Å². The maximum Gasteiger partial charge on any atom is 0.129 e. The highest BCUT2D eigenvalue weighted by atomic mass is 16.3. The molecule has 1 aliphatic heterocycles. The molecule has 3 rings (SSSR count). The Bertz CT molecular complexity index is 541. The highest BCUT2D eigenvalue weighted by molar-refractivity contribution is 5.80. The third kappa shape index (κ3) is 2.18.